The molecule has 0 unspecified atom stereocenters. The van der Waals surface area contributed by atoms with Crippen LogP contribution >= 0.6 is 25.0 Å². The molecule has 4 heteroatoms. The SMILES string of the molecule is Cl.N#CS.[CsH]. The van der Waals surface area contributed by atoms with Crippen LogP contribution in [0, 0.1) is 10.7 Å². The fourth-order valence-corrected chi connectivity index (χ4v) is 0. The van der Waals surface area contributed by atoms with Crippen molar-refractivity contribution in [1.29, 1.82) is 5.26 Å². The molecule has 0 radical (unpaired) electrons. The van der Waals surface area contributed by atoms with Gasteiger partial charge in [-0.2, -0.15) is 5.26 Å². The first-order valence-corrected chi connectivity index (χ1v) is 0.894. The number of nitriles is 1. The standard InChI is InChI=1S/CHNS.ClH.Cs.H/c2-1-3;;;/h3H;1H;;. The number of hydrogen-bond acceptors (Lipinski definition) is 2. The molecule has 0 aliphatic carbocycles. The van der Waals surface area contributed by atoms with Gasteiger partial charge < -0.3 is 0 Å². The summed E-state index contributed by atoms with van der Waals surface area (Å²) in [6.45, 7) is 0. The third kappa shape index (κ3) is 22.7. The van der Waals surface area contributed by atoms with Gasteiger partial charge in [0.15, 0.2) is 0 Å². The first kappa shape index (κ1) is 15.7. The van der Waals surface area contributed by atoms with Crippen LogP contribution in [0.3, 0.4) is 0 Å². The normalized spacial score (nSPS) is 1.60. The van der Waals surface area contributed by atoms with E-state index in [1.165, 1.54) is 5.40 Å². The molecule has 0 aliphatic heterocycles. The Morgan fingerprint density at radius 1 is 1.60 bits per heavy atom. The van der Waals surface area contributed by atoms with Crippen molar-refractivity contribution in [3.63, 3.8) is 0 Å². The third-order valence-electron chi connectivity index (χ3n) is 0. The van der Waals surface area contributed by atoms with E-state index in [0.717, 1.165) is 0 Å². The number of hydrogen-bond donors (Lipinski definition) is 1. The van der Waals surface area contributed by atoms with Crippen molar-refractivity contribution >= 4 is 93.9 Å². The number of nitrogens with zero attached hydrogens (tertiary/aromatic N) is 1. The predicted molar refractivity (Wildman–Crippen MR) is 29.0 cm³/mol. The molecule has 0 atom stereocenters. The second-order valence-corrected chi connectivity index (χ2v) is 0.300. The molecule has 0 aromatic carbocycles. The minimum absolute atomic E-state index is 0. The van der Waals surface area contributed by atoms with Crippen LogP contribution < -0.4 is 0 Å². The summed E-state index contributed by atoms with van der Waals surface area (Å²) in [6.07, 6.45) is 0. The second kappa shape index (κ2) is 16.4. The molecule has 0 aliphatic rings. The van der Waals surface area contributed by atoms with Crippen molar-refractivity contribution in [1.82, 2.24) is 0 Å². The van der Waals surface area contributed by atoms with Gasteiger partial charge >= 0.3 is 68.9 Å². The Kier molecular flexibility index (Phi) is 51.5. The maximum atomic E-state index is 7.18. The van der Waals surface area contributed by atoms with Crippen LogP contribution in [0.5, 0.6) is 0 Å². The Morgan fingerprint density at radius 2 is 1.60 bits per heavy atom. The Bertz CT molecular complexity index is 33.1. The first-order chi connectivity index (χ1) is 1.41. The zero-order valence-corrected chi connectivity index (χ0v) is 3.51. The van der Waals surface area contributed by atoms with E-state index in [1.807, 2.05) is 0 Å². The molecule has 0 rings (SSSR count). The molecule has 0 N–H and O–H groups in total. The van der Waals surface area contributed by atoms with E-state index in [4.69, 9.17) is 5.26 Å². The summed E-state index contributed by atoms with van der Waals surface area (Å²) >= 11 is 3.09. The Labute approximate surface area is 102 Å². The maximum absolute atomic E-state index is 7.18. The van der Waals surface area contributed by atoms with Gasteiger partial charge in [0.25, 0.3) is 0 Å². The van der Waals surface area contributed by atoms with Crippen molar-refractivity contribution in [3.8, 4) is 5.40 Å². The van der Waals surface area contributed by atoms with Gasteiger partial charge in [-0.3, -0.25) is 0 Å². The van der Waals surface area contributed by atoms with Crippen LogP contribution in [0.15, 0.2) is 0 Å². The topological polar surface area (TPSA) is 23.8 Å². The Hall–Kier alpha value is 2.18. The molecule has 0 saturated heterocycles. The molecule has 0 spiro atoms. The van der Waals surface area contributed by atoms with Gasteiger partial charge in [0, 0.05) is 0 Å². The van der Waals surface area contributed by atoms with Gasteiger partial charge in [-0.15, -0.1) is 12.4 Å². The Balaban J connectivity index is -0.0000000200. The quantitative estimate of drug-likeness (QED) is 0.465. The van der Waals surface area contributed by atoms with Gasteiger partial charge in [0.2, 0.25) is 0 Å². The average Bonchev–Trinajstić information content (AvgIpc) is 0.918. The molecule has 0 amide bonds. The summed E-state index contributed by atoms with van der Waals surface area (Å²) < 4.78 is 0. The van der Waals surface area contributed by atoms with Crippen LogP contribution in [-0.2, 0) is 0 Å². The summed E-state index contributed by atoms with van der Waals surface area (Å²) in [6, 6.07) is 0. The molecule has 0 aromatic rings. The van der Waals surface area contributed by atoms with E-state index >= 15 is 0 Å². The van der Waals surface area contributed by atoms with Crippen LogP contribution in [0.4, 0.5) is 0 Å². The molecular weight excluding hydrogens is 226 g/mol. The fourth-order valence-electron chi connectivity index (χ4n) is 0. The van der Waals surface area contributed by atoms with Crippen molar-refractivity contribution in [3.05, 3.63) is 0 Å². The number of thiol groups is 1. The second-order valence-electron chi connectivity index (χ2n) is 0.100. The van der Waals surface area contributed by atoms with E-state index in [0.29, 0.717) is 0 Å². The van der Waals surface area contributed by atoms with E-state index in [2.05, 4.69) is 12.6 Å². The monoisotopic (exact) mass is 229 g/mol. The summed E-state index contributed by atoms with van der Waals surface area (Å²) in [4.78, 5) is 0. The summed E-state index contributed by atoms with van der Waals surface area (Å²) in [5.74, 6) is 0. The van der Waals surface area contributed by atoms with Gasteiger partial charge in [-0.05, 0) is 0 Å². The van der Waals surface area contributed by atoms with Gasteiger partial charge in [-0.1, -0.05) is 12.6 Å². The molecule has 1 nitrogen and oxygen atoms in total. The summed E-state index contributed by atoms with van der Waals surface area (Å²) in [5, 5.41) is 8.63. The van der Waals surface area contributed by atoms with Crippen LogP contribution in [0.25, 0.3) is 0 Å². The van der Waals surface area contributed by atoms with Gasteiger partial charge in [-0.25, -0.2) is 0 Å². The van der Waals surface area contributed by atoms with E-state index in [-0.39, 0.29) is 81.3 Å². The molecule has 0 aromatic heterocycles. The van der Waals surface area contributed by atoms with Crippen LogP contribution in [-0.4, -0.2) is 68.9 Å². The Morgan fingerprint density at radius 3 is 1.60 bits per heavy atom. The molecule has 0 saturated carbocycles. The van der Waals surface area contributed by atoms with Crippen molar-refractivity contribution in [2.24, 2.45) is 0 Å². The average molecular weight is 229 g/mol. The predicted octanol–water partition coefficient (Wildman–Crippen LogP) is 0.171. The molecular formula is CH3ClCsNS. The van der Waals surface area contributed by atoms with Crippen molar-refractivity contribution < 1.29 is 0 Å². The van der Waals surface area contributed by atoms with E-state index < -0.39 is 0 Å². The van der Waals surface area contributed by atoms with Crippen molar-refractivity contribution in [2.45, 2.75) is 0 Å². The van der Waals surface area contributed by atoms with Gasteiger partial charge in [0.05, 0.1) is 0 Å². The van der Waals surface area contributed by atoms with Crippen molar-refractivity contribution in [2.75, 3.05) is 0 Å². The van der Waals surface area contributed by atoms with E-state index in [1.54, 1.807) is 0 Å². The summed E-state index contributed by atoms with van der Waals surface area (Å²) in [5.41, 5.74) is 0. The van der Waals surface area contributed by atoms with Gasteiger partial charge in [0.1, 0.15) is 5.40 Å². The number of halogens is 1. The third-order valence-corrected chi connectivity index (χ3v) is 0. The first-order valence-electron chi connectivity index (χ1n) is 0.447. The number of rotatable bonds is 0. The molecule has 0 heterocycles. The molecule has 0 fully saturated rings. The molecule has 5 heavy (non-hydrogen) atoms. The minimum atomic E-state index is 0. The van der Waals surface area contributed by atoms with Crippen LogP contribution in [0.1, 0.15) is 0 Å². The number of thiocyanates is 1. The summed E-state index contributed by atoms with van der Waals surface area (Å²) in [7, 11) is 0. The zero-order chi connectivity index (χ0) is 2.71. The molecule has 0 bridgehead atoms. The zero-order valence-electron chi connectivity index (χ0n) is 1.80. The van der Waals surface area contributed by atoms with Crippen LogP contribution in [0.2, 0.25) is 0 Å². The fraction of sp³-hybridized carbons (Fsp3) is 0. The van der Waals surface area contributed by atoms with E-state index in [9.17, 15) is 0 Å². The molecule has 26 valence electrons.